The normalized spacial score (nSPS) is 9.75. The Labute approximate surface area is 94.2 Å². The van der Waals surface area contributed by atoms with E-state index in [1.165, 1.54) is 14.2 Å². The van der Waals surface area contributed by atoms with E-state index in [1.54, 1.807) is 26.0 Å². The van der Waals surface area contributed by atoms with Crippen LogP contribution in [0.1, 0.15) is 31.8 Å². The van der Waals surface area contributed by atoms with Crippen molar-refractivity contribution in [3.8, 4) is 0 Å². The quantitative estimate of drug-likeness (QED) is 0.717. The number of esters is 2. The molecule has 16 heavy (non-hydrogen) atoms. The maximum Gasteiger partial charge on any atom is 0.338 e. The van der Waals surface area contributed by atoms with Crippen molar-refractivity contribution in [2.75, 3.05) is 14.2 Å². The molecule has 0 aromatic heterocycles. The minimum absolute atomic E-state index is 0.397. The lowest BCUT2D eigenvalue weighted by atomic mass is 9.99. The van der Waals surface area contributed by atoms with Crippen molar-refractivity contribution in [1.29, 1.82) is 0 Å². The molecule has 0 fully saturated rings. The number of methoxy groups -OCH3 is 2. The molecule has 0 aliphatic heterocycles. The monoisotopic (exact) mass is 222 g/mol. The average Bonchev–Trinajstić information content (AvgIpc) is 2.26. The molecular formula is C12H14O4. The van der Waals surface area contributed by atoms with E-state index >= 15 is 0 Å². The van der Waals surface area contributed by atoms with E-state index in [1.807, 2.05) is 0 Å². The highest BCUT2D eigenvalue weighted by atomic mass is 16.5. The third kappa shape index (κ3) is 2.21. The lowest BCUT2D eigenvalue weighted by Crippen LogP contribution is -2.09. The summed E-state index contributed by atoms with van der Waals surface area (Å²) in [5, 5.41) is 0. The Balaban J connectivity index is 3.28. The second kappa shape index (κ2) is 4.79. The maximum absolute atomic E-state index is 11.5. The third-order valence-corrected chi connectivity index (χ3v) is 2.34. The molecule has 1 aromatic carbocycles. The van der Waals surface area contributed by atoms with Gasteiger partial charge in [0.25, 0.3) is 0 Å². The first kappa shape index (κ1) is 12.2. The summed E-state index contributed by atoms with van der Waals surface area (Å²) in [5.41, 5.74) is 2.33. The Morgan fingerprint density at radius 2 is 1.38 bits per heavy atom. The lowest BCUT2D eigenvalue weighted by Gasteiger charge is -2.09. The van der Waals surface area contributed by atoms with Gasteiger partial charge in [-0.05, 0) is 37.1 Å². The van der Waals surface area contributed by atoms with Gasteiger partial charge in [-0.2, -0.15) is 0 Å². The highest BCUT2D eigenvalue weighted by Gasteiger charge is 2.16. The first-order valence-corrected chi connectivity index (χ1v) is 4.79. The Morgan fingerprint density at radius 3 is 1.75 bits per heavy atom. The van der Waals surface area contributed by atoms with Crippen LogP contribution in [0.3, 0.4) is 0 Å². The van der Waals surface area contributed by atoms with Crippen molar-refractivity contribution in [3.05, 3.63) is 34.4 Å². The van der Waals surface area contributed by atoms with Gasteiger partial charge >= 0.3 is 11.9 Å². The van der Waals surface area contributed by atoms with Crippen LogP contribution in [0.15, 0.2) is 12.1 Å². The zero-order chi connectivity index (χ0) is 12.3. The van der Waals surface area contributed by atoms with E-state index < -0.39 is 11.9 Å². The highest BCUT2D eigenvalue weighted by molar-refractivity contribution is 5.96. The van der Waals surface area contributed by atoms with E-state index in [0.29, 0.717) is 22.3 Å². The maximum atomic E-state index is 11.5. The van der Waals surface area contributed by atoms with E-state index in [2.05, 4.69) is 9.47 Å². The molecule has 0 atom stereocenters. The molecule has 0 radical (unpaired) electrons. The van der Waals surface area contributed by atoms with Gasteiger partial charge in [0.05, 0.1) is 25.3 Å². The van der Waals surface area contributed by atoms with E-state index in [-0.39, 0.29) is 0 Å². The van der Waals surface area contributed by atoms with Crippen LogP contribution in [0.2, 0.25) is 0 Å². The van der Waals surface area contributed by atoms with Crippen LogP contribution >= 0.6 is 0 Å². The number of benzene rings is 1. The summed E-state index contributed by atoms with van der Waals surface area (Å²) in [7, 11) is 2.65. The molecule has 0 unspecified atom stereocenters. The molecular weight excluding hydrogens is 208 g/mol. The van der Waals surface area contributed by atoms with Gasteiger partial charge in [-0.1, -0.05) is 0 Å². The molecule has 4 heteroatoms. The van der Waals surface area contributed by atoms with Gasteiger partial charge in [-0.15, -0.1) is 0 Å². The van der Waals surface area contributed by atoms with Crippen LogP contribution in [0.4, 0.5) is 0 Å². The fourth-order valence-corrected chi connectivity index (χ4v) is 1.62. The summed E-state index contributed by atoms with van der Waals surface area (Å²) in [6.07, 6.45) is 0. The Morgan fingerprint density at radius 1 is 0.938 bits per heavy atom. The van der Waals surface area contributed by atoms with Gasteiger partial charge < -0.3 is 9.47 Å². The first-order valence-electron chi connectivity index (χ1n) is 4.79. The Kier molecular flexibility index (Phi) is 3.66. The summed E-state index contributed by atoms with van der Waals surface area (Å²) < 4.78 is 9.29. The highest BCUT2D eigenvalue weighted by Crippen LogP contribution is 2.18. The van der Waals surface area contributed by atoms with Crippen molar-refractivity contribution in [1.82, 2.24) is 0 Å². The molecule has 0 heterocycles. The molecule has 0 N–H and O–H groups in total. The fraction of sp³-hybridized carbons (Fsp3) is 0.333. The third-order valence-electron chi connectivity index (χ3n) is 2.34. The van der Waals surface area contributed by atoms with Crippen LogP contribution < -0.4 is 0 Å². The summed E-state index contributed by atoms with van der Waals surface area (Å²) in [4.78, 5) is 22.8. The molecule has 0 saturated heterocycles. The van der Waals surface area contributed by atoms with Crippen LogP contribution in [-0.4, -0.2) is 26.2 Å². The summed E-state index contributed by atoms with van der Waals surface area (Å²) in [6, 6.07) is 3.23. The second-order valence-corrected chi connectivity index (χ2v) is 3.47. The molecule has 1 rings (SSSR count). The zero-order valence-electron chi connectivity index (χ0n) is 9.79. The van der Waals surface area contributed by atoms with Gasteiger partial charge in [0.15, 0.2) is 0 Å². The average molecular weight is 222 g/mol. The van der Waals surface area contributed by atoms with Crippen molar-refractivity contribution in [2.24, 2.45) is 0 Å². The Hall–Kier alpha value is -1.84. The number of hydrogen-bond acceptors (Lipinski definition) is 4. The molecule has 0 spiro atoms. The minimum Gasteiger partial charge on any atom is -0.465 e. The number of rotatable bonds is 2. The zero-order valence-corrected chi connectivity index (χ0v) is 9.79. The van der Waals surface area contributed by atoms with Gasteiger partial charge in [0.2, 0.25) is 0 Å². The molecule has 0 aliphatic rings. The Bertz CT molecular complexity index is 412. The van der Waals surface area contributed by atoms with Crippen molar-refractivity contribution in [3.63, 3.8) is 0 Å². The second-order valence-electron chi connectivity index (χ2n) is 3.47. The summed E-state index contributed by atoms with van der Waals surface area (Å²) >= 11 is 0. The largest absolute Gasteiger partial charge is 0.465 e. The molecule has 0 aliphatic carbocycles. The van der Waals surface area contributed by atoms with Crippen LogP contribution in [0, 0.1) is 13.8 Å². The molecule has 0 saturated carbocycles. The first-order chi connectivity index (χ1) is 7.51. The number of carbonyl (C=O) groups is 2. The predicted molar refractivity (Wildman–Crippen MR) is 58.6 cm³/mol. The fourth-order valence-electron chi connectivity index (χ4n) is 1.62. The van der Waals surface area contributed by atoms with Gasteiger partial charge in [-0.25, -0.2) is 9.59 Å². The minimum atomic E-state index is -0.414. The SMILES string of the molecule is COC(=O)c1cc(C)c(C(=O)OC)c(C)c1. The topological polar surface area (TPSA) is 52.6 Å². The van der Waals surface area contributed by atoms with Crippen LogP contribution in [0.25, 0.3) is 0 Å². The van der Waals surface area contributed by atoms with Gasteiger partial charge in [0, 0.05) is 0 Å². The van der Waals surface area contributed by atoms with E-state index in [0.717, 1.165) is 0 Å². The van der Waals surface area contributed by atoms with E-state index in [4.69, 9.17) is 0 Å². The van der Waals surface area contributed by atoms with Crippen LogP contribution in [-0.2, 0) is 9.47 Å². The number of ether oxygens (including phenoxy) is 2. The number of carbonyl (C=O) groups excluding carboxylic acids is 2. The molecule has 4 nitrogen and oxygen atoms in total. The summed E-state index contributed by atoms with van der Waals surface area (Å²) in [6.45, 7) is 3.51. The van der Waals surface area contributed by atoms with Crippen molar-refractivity contribution >= 4 is 11.9 Å². The molecule has 1 aromatic rings. The lowest BCUT2D eigenvalue weighted by molar-refractivity contribution is 0.0585. The van der Waals surface area contributed by atoms with Crippen molar-refractivity contribution in [2.45, 2.75) is 13.8 Å². The molecule has 86 valence electrons. The standard InChI is InChI=1S/C12H14O4/c1-7-5-9(11(13)15-3)6-8(2)10(7)12(14)16-4/h5-6H,1-4H3. The van der Waals surface area contributed by atoms with Gasteiger partial charge in [-0.3, -0.25) is 0 Å². The van der Waals surface area contributed by atoms with Crippen LogP contribution in [0.5, 0.6) is 0 Å². The molecule has 0 amide bonds. The van der Waals surface area contributed by atoms with Gasteiger partial charge in [0.1, 0.15) is 0 Å². The molecule has 0 bridgehead atoms. The smallest absolute Gasteiger partial charge is 0.338 e. The van der Waals surface area contributed by atoms with E-state index in [9.17, 15) is 9.59 Å². The number of hydrogen-bond donors (Lipinski definition) is 0. The predicted octanol–water partition coefficient (Wildman–Crippen LogP) is 1.88. The summed E-state index contributed by atoms with van der Waals surface area (Å²) in [5.74, 6) is -0.811. The van der Waals surface area contributed by atoms with Crippen molar-refractivity contribution < 1.29 is 19.1 Å². The number of aryl methyl sites for hydroxylation is 2.